The largest absolute Gasteiger partial charge is 0.495 e. The molecule has 0 radical (unpaired) electrons. The molecule has 12 heteroatoms. The van der Waals surface area contributed by atoms with Crippen LogP contribution >= 0.6 is 11.3 Å². The number of hydrogen-bond donors (Lipinski definition) is 3. The second-order valence-corrected chi connectivity index (χ2v) is 15.3. The van der Waals surface area contributed by atoms with Crippen LogP contribution in [0, 0.1) is 18.8 Å². The number of carbonyl (C=O) groups excluding carboxylic acids is 1. The van der Waals surface area contributed by atoms with Gasteiger partial charge in [0.25, 0.3) is 0 Å². The Balaban J connectivity index is 1.57. The van der Waals surface area contributed by atoms with Crippen molar-refractivity contribution in [3.05, 3.63) is 28.9 Å². The van der Waals surface area contributed by atoms with E-state index in [0.717, 1.165) is 25.7 Å². The van der Waals surface area contributed by atoms with Crippen LogP contribution in [0.5, 0.6) is 5.75 Å². The van der Waals surface area contributed by atoms with Crippen LogP contribution in [-0.2, 0) is 20.2 Å². The molecule has 3 aromatic rings. The van der Waals surface area contributed by atoms with Gasteiger partial charge in [0, 0.05) is 12.1 Å². The number of imidazole rings is 1. The van der Waals surface area contributed by atoms with Crippen LogP contribution in [0.3, 0.4) is 0 Å². The second-order valence-electron chi connectivity index (χ2n) is 11.9. The molecule has 2 saturated carbocycles. The summed E-state index contributed by atoms with van der Waals surface area (Å²) in [6, 6.07) is 4.79. The number of rotatable bonds is 10. The zero-order valence-electron chi connectivity index (χ0n) is 23.1. The van der Waals surface area contributed by atoms with Crippen molar-refractivity contribution >= 4 is 32.0 Å². The van der Waals surface area contributed by atoms with Crippen molar-refractivity contribution in [2.24, 2.45) is 11.8 Å². The molecule has 2 aliphatic rings. The van der Waals surface area contributed by atoms with Gasteiger partial charge in [0.05, 0.1) is 24.1 Å². The molecule has 2 fully saturated rings. The van der Waals surface area contributed by atoms with Gasteiger partial charge < -0.3 is 20.3 Å². The van der Waals surface area contributed by atoms with Gasteiger partial charge in [0.15, 0.2) is 9.84 Å². The fourth-order valence-corrected chi connectivity index (χ4v) is 7.77. The van der Waals surface area contributed by atoms with Gasteiger partial charge in [0.2, 0.25) is 10.9 Å². The Morgan fingerprint density at radius 1 is 1.15 bits per heavy atom. The van der Waals surface area contributed by atoms with Crippen molar-refractivity contribution in [2.75, 3.05) is 13.7 Å². The lowest BCUT2D eigenvalue weighted by Crippen LogP contribution is -2.51. The molecule has 5 rings (SSSR count). The molecule has 0 aliphatic heterocycles. The van der Waals surface area contributed by atoms with Crippen LogP contribution in [0.4, 0.5) is 0 Å². The van der Waals surface area contributed by atoms with E-state index in [0.29, 0.717) is 26.9 Å². The number of nitrogens with zero attached hydrogens (tertiary/aromatic N) is 3. The molecule has 0 spiro atoms. The first kappa shape index (κ1) is 28.0. The molecule has 2 heterocycles. The fourth-order valence-electron chi connectivity index (χ4n) is 5.01. The monoisotopic (exact) mass is 576 g/mol. The Bertz CT molecular complexity index is 1530. The van der Waals surface area contributed by atoms with E-state index in [1.54, 1.807) is 16.6 Å². The third-order valence-electron chi connectivity index (χ3n) is 7.75. The summed E-state index contributed by atoms with van der Waals surface area (Å²) in [6.45, 7) is 7.44. The molecule has 10 nitrogen and oxygen atoms in total. The minimum absolute atomic E-state index is 0.102. The number of amides is 1. The van der Waals surface area contributed by atoms with Crippen molar-refractivity contribution in [3.63, 3.8) is 0 Å². The smallest absolute Gasteiger partial charge is 0.241 e. The van der Waals surface area contributed by atoms with E-state index in [9.17, 15) is 23.4 Å². The Morgan fingerprint density at radius 2 is 1.77 bits per heavy atom. The number of sulfone groups is 1. The minimum Gasteiger partial charge on any atom is -0.495 e. The van der Waals surface area contributed by atoms with Crippen LogP contribution in [0.1, 0.15) is 64.1 Å². The molecule has 0 saturated heterocycles. The molecule has 2 aromatic heterocycles. The van der Waals surface area contributed by atoms with Gasteiger partial charge in [-0.05, 0) is 90.3 Å². The molecular weight excluding hydrogens is 540 g/mol. The summed E-state index contributed by atoms with van der Waals surface area (Å²) in [4.78, 5) is 18.2. The van der Waals surface area contributed by atoms with Crippen molar-refractivity contribution in [2.45, 2.75) is 81.1 Å². The van der Waals surface area contributed by atoms with Crippen molar-refractivity contribution < 1.29 is 28.2 Å². The predicted molar refractivity (Wildman–Crippen MR) is 148 cm³/mol. The van der Waals surface area contributed by atoms with Crippen molar-refractivity contribution in [1.82, 2.24) is 19.9 Å². The molecule has 1 aromatic carbocycles. The van der Waals surface area contributed by atoms with Crippen LogP contribution < -0.4 is 10.1 Å². The van der Waals surface area contributed by atoms with Crippen molar-refractivity contribution in [3.8, 4) is 17.0 Å². The number of methoxy groups -OCH3 is 1. The first-order valence-corrected chi connectivity index (χ1v) is 15.4. The van der Waals surface area contributed by atoms with Crippen LogP contribution in [0.15, 0.2) is 23.1 Å². The lowest BCUT2D eigenvalue weighted by atomic mass is 9.93. The standard InChI is InChI=1S/C27H36N4O6S2/c1-15-21(31-24(29-15)38-23(30-31)27(34,17-8-9-17)18-10-11-18)16-7-12-19(37-6)20(13-16)39(35,36)26(4,5)22(32)28-14-25(2,3)33/h7,12-13,17-18,33-34H,8-11,14H2,1-6H3,(H,28,32). The van der Waals surface area contributed by atoms with E-state index in [-0.39, 0.29) is 29.0 Å². The van der Waals surface area contributed by atoms with E-state index < -0.39 is 31.7 Å². The van der Waals surface area contributed by atoms with E-state index >= 15 is 0 Å². The third-order valence-corrected chi connectivity index (χ3v) is 11.2. The lowest BCUT2D eigenvalue weighted by Gasteiger charge is -2.27. The highest BCUT2D eigenvalue weighted by atomic mass is 32.2. The average molecular weight is 577 g/mol. The topological polar surface area (TPSA) is 143 Å². The van der Waals surface area contributed by atoms with Crippen LogP contribution in [-0.4, -0.2) is 63.1 Å². The number of aryl methyl sites for hydroxylation is 1. The van der Waals surface area contributed by atoms with Crippen LogP contribution in [0.25, 0.3) is 16.2 Å². The first-order valence-electron chi connectivity index (χ1n) is 13.1. The summed E-state index contributed by atoms with van der Waals surface area (Å²) < 4.78 is 33.0. The summed E-state index contributed by atoms with van der Waals surface area (Å²) in [6.07, 6.45) is 3.94. The van der Waals surface area contributed by atoms with E-state index in [2.05, 4.69) is 10.3 Å². The number of hydrogen-bond acceptors (Lipinski definition) is 9. The summed E-state index contributed by atoms with van der Waals surface area (Å²) in [5, 5.41) is 29.6. The SMILES string of the molecule is COc1ccc(-c2c(C)nc3sc(C(O)(C4CC4)C4CC4)nn23)cc1S(=O)(=O)C(C)(C)C(=O)NCC(C)(C)O. The summed E-state index contributed by atoms with van der Waals surface area (Å²) in [5.74, 6) is -0.194. The van der Waals surface area contributed by atoms with Gasteiger partial charge in [-0.1, -0.05) is 11.3 Å². The highest BCUT2D eigenvalue weighted by molar-refractivity contribution is 7.93. The van der Waals surface area contributed by atoms with Crippen molar-refractivity contribution in [1.29, 1.82) is 0 Å². The van der Waals surface area contributed by atoms with E-state index in [1.807, 2.05) is 6.92 Å². The molecule has 3 N–H and O–H groups in total. The quantitative estimate of drug-likeness (QED) is 0.334. The number of aliphatic hydroxyl groups is 2. The predicted octanol–water partition coefficient (Wildman–Crippen LogP) is 3.22. The molecular formula is C27H36N4O6S2. The maximum atomic E-state index is 13.9. The zero-order chi connectivity index (χ0) is 28.5. The molecule has 0 bridgehead atoms. The fraction of sp³-hybridized carbons (Fsp3) is 0.593. The van der Waals surface area contributed by atoms with Gasteiger partial charge in [-0.25, -0.2) is 17.9 Å². The van der Waals surface area contributed by atoms with Gasteiger partial charge in [-0.2, -0.15) is 5.10 Å². The minimum atomic E-state index is -4.26. The van der Waals surface area contributed by atoms with Gasteiger partial charge in [0.1, 0.15) is 26.0 Å². The van der Waals surface area contributed by atoms with E-state index in [4.69, 9.17) is 9.84 Å². The summed E-state index contributed by atoms with van der Waals surface area (Å²) >= 11 is 1.38. The molecule has 212 valence electrons. The third kappa shape index (κ3) is 4.75. The zero-order valence-corrected chi connectivity index (χ0v) is 24.7. The lowest BCUT2D eigenvalue weighted by molar-refractivity contribution is -0.123. The molecule has 1 amide bonds. The normalized spacial score (nSPS) is 17.0. The second kappa shape index (κ2) is 9.25. The Kier molecular flexibility index (Phi) is 6.64. The number of nitrogens with one attached hydrogen (secondary N) is 1. The molecule has 0 unspecified atom stereocenters. The number of aromatic nitrogens is 3. The number of benzene rings is 1. The summed E-state index contributed by atoms with van der Waals surface area (Å²) in [7, 11) is -2.88. The maximum absolute atomic E-state index is 13.9. The first-order chi connectivity index (χ1) is 18.1. The summed E-state index contributed by atoms with van der Waals surface area (Å²) in [5.41, 5.74) is -0.311. The van der Waals surface area contributed by atoms with Crippen LogP contribution in [0.2, 0.25) is 0 Å². The average Bonchev–Trinajstić information content (AvgIpc) is 3.78. The highest BCUT2D eigenvalue weighted by Crippen LogP contribution is 2.58. The molecule has 0 atom stereocenters. The van der Waals surface area contributed by atoms with E-state index in [1.165, 1.54) is 52.2 Å². The number of carbonyl (C=O) groups is 1. The Hall–Kier alpha value is -2.54. The molecule has 39 heavy (non-hydrogen) atoms. The Labute approximate surface area is 232 Å². The molecule has 2 aliphatic carbocycles. The Morgan fingerprint density at radius 3 is 2.31 bits per heavy atom. The van der Waals surface area contributed by atoms with Gasteiger partial charge in [-0.3, -0.25) is 4.79 Å². The maximum Gasteiger partial charge on any atom is 0.241 e. The van der Waals surface area contributed by atoms with Gasteiger partial charge in [-0.15, -0.1) is 0 Å². The number of ether oxygens (including phenoxy) is 1. The van der Waals surface area contributed by atoms with Gasteiger partial charge >= 0.3 is 0 Å². The number of fused-ring (bicyclic) bond motifs is 1. The highest BCUT2D eigenvalue weighted by Gasteiger charge is 2.56.